The number of hydrogen-bond acceptors (Lipinski definition) is 2. The Morgan fingerprint density at radius 1 is 1.26 bits per heavy atom. The average Bonchev–Trinajstić information content (AvgIpc) is 2.35. The lowest BCUT2D eigenvalue weighted by atomic mass is 10.1. The van der Waals surface area contributed by atoms with Crippen molar-refractivity contribution in [3.63, 3.8) is 0 Å². The maximum atomic E-state index is 13.5. The number of nitrogens with one attached hydrogen (secondary N) is 2. The fraction of sp³-hybridized carbons (Fsp3) is 0.385. The molecule has 4 nitrogen and oxygen atoms in total. The Kier molecular flexibility index (Phi) is 6.49. The van der Waals surface area contributed by atoms with Gasteiger partial charge in [0, 0.05) is 17.4 Å². The normalized spacial score (nSPS) is 10.1. The highest BCUT2D eigenvalue weighted by molar-refractivity contribution is 9.10. The van der Waals surface area contributed by atoms with Gasteiger partial charge in [-0.25, -0.2) is 4.39 Å². The lowest BCUT2D eigenvalue weighted by Gasteiger charge is -2.06. The Bertz CT molecular complexity index is 466. The molecule has 1 aromatic rings. The Hall–Kier alpha value is -1.43. The second-order valence-corrected chi connectivity index (χ2v) is 4.88. The minimum Gasteiger partial charge on any atom is -0.355 e. The molecule has 2 N–H and O–H groups in total. The summed E-state index contributed by atoms with van der Waals surface area (Å²) < 4.78 is 14.2. The number of rotatable bonds is 6. The molecule has 0 spiro atoms. The van der Waals surface area contributed by atoms with Gasteiger partial charge in [-0.2, -0.15) is 0 Å². The molecule has 104 valence electrons. The highest BCUT2D eigenvalue weighted by Gasteiger charge is 2.08. The van der Waals surface area contributed by atoms with Gasteiger partial charge in [-0.1, -0.05) is 22.0 Å². The molecule has 6 heteroatoms. The van der Waals surface area contributed by atoms with Gasteiger partial charge in [-0.15, -0.1) is 0 Å². The minimum atomic E-state index is -0.342. The molecule has 0 radical (unpaired) electrons. The number of carbonyl (C=O) groups is 2. The molecule has 0 aliphatic carbocycles. The summed E-state index contributed by atoms with van der Waals surface area (Å²) in [5, 5.41) is 5.06. The van der Waals surface area contributed by atoms with Crippen molar-refractivity contribution in [2.45, 2.75) is 19.8 Å². The van der Waals surface area contributed by atoms with Gasteiger partial charge in [-0.05, 0) is 31.0 Å². The van der Waals surface area contributed by atoms with Crippen LogP contribution < -0.4 is 10.6 Å². The van der Waals surface area contributed by atoms with Gasteiger partial charge in [0.25, 0.3) is 0 Å². The van der Waals surface area contributed by atoms with Crippen molar-refractivity contribution in [2.24, 2.45) is 0 Å². The van der Waals surface area contributed by atoms with Crippen LogP contribution in [0.2, 0.25) is 0 Å². The third-order valence-electron chi connectivity index (χ3n) is 2.46. The number of hydrogen-bond donors (Lipinski definition) is 2. The van der Waals surface area contributed by atoms with Crippen LogP contribution in [0.3, 0.4) is 0 Å². The van der Waals surface area contributed by atoms with Gasteiger partial charge in [0.2, 0.25) is 11.8 Å². The molecule has 0 fully saturated rings. The summed E-state index contributed by atoms with van der Waals surface area (Å²) in [4.78, 5) is 22.6. The molecular formula is C13H16BrFN2O2. The van der Waals surface area contributed by atoms with E-state index < -0.39 is 0 Å². The van der Waals surface area contributed by atoms with Gasteiger partial charge in [0.1, 0.15) is 5.82 Å². The molecule has 0 atom stereocenters. The van der Waals surface area contributed by atoms with Crippen LogP contribution in [0.5, 0.6) is 0 Å². The highest BCUT2D eigenvalue weighted by Crippen LogP contribution is 2.16. The lowest BCUT2D eigenvalue weighted by Crippen LogP contribution is -2.36. The number of amides is 2. The summed E-state index contributed by atoms with van der Waals surface area (Å²) in [5.74, 6) is -0.842. The fourth-order valence-corrected chi connectivity index (χ4v) is 1.83. The molecular weight excluding hydrogens is 315 g/mol. The molecule has 0 aliphatic rings. The highest BCUT2D eigenvalue weighted by atomic mass is 79.9. The Labute approximate surface area is 119 Å². The maximum Gasteiger partial charge on any atom is 0.239 e. The SMILES string of the molecule is CCNC(=O)CNC(=O)CCc1ccc(Br)cc1F. The number of likely N-dealkylation sites (N-methyl/N-ethyl adjacent to an activating group) is 1. The third-order valence-corrected chi connectivity index (χ3v) is 2.95. The summed E-state index contributed by atoms with van der Waals surface area (Å²) in [6.07, 6.45) is 0.457. The van der Waals surface area contributed by atoms with Gasteiger partial charge in [0.15, 0.2) is 0 Å². The summed E-state index contributed by atoms with van der Waals surface area (Å²) in [5.41, 5.74) is 0.483. The third kappa shape index (κ3) is 5.83. The van der Waals surface area contributed by atoms with E-state index in [1.807, 2.05) is 0 Å². The average molecular weight is 331 g/mol. The first-order valence-corrected chi connectivity index (χ1v) is 6.79. The standard InChI is InChI=1S/C13H16BrFN2O2/c1-2-16-13(19)8-17-12(18)6-4-9-3-5-10(14)7-11(9)15/h3,5,7H,2,4,6,8H2,1H3,(H,16,19)(H,17,18). The van der Waals surface area contributed by atoms with Gasteiger partial charge in [0.05, 0.1) is 6.54 Å². The van der Waals surface area contributed by atoms with Crippen molar-refractivity contribution in [2.75, 3.05) is 13.1 Å². The van der Waals surface area contributed by atoms with Gasteiger partial charge >= 0.3 is 0 Å². The molecule has 0 saturated carbocycles. The zero-order valence-electron chi connectivity index (χ0n) is 10.6. The van der Waals surface area contributed by atoms with Crippen LogP contribution in [0, 0.1) is 5.82 Å². The van der Waals surface area contributed by atoms with Crippen molar-refractivity contribution >= 4 is 27.7 Å². The Balaban J connectivity index is 2.36. The van der Waals surface area contributed by atoms with Crippen molar-refractivity contribution in [3.8, 4) is 0 Å². The summed E-state index contributed by atoms with van der Waals surface area (Å²) in [7, 11) is 0. The molecule has 19 heavy (non-hydrogen) atoms. The number of halogens is 2. The van der Waals surface area contributed by atoms with Crippen LogP contribution >= 0.6 is 15.9 Å². The topological polar surface area (TPSA) is 58.2 Å². The van der Waals surface area contributed by atoms with Crippen LogP contribution in [0.4, 0.5) is 4.39 Å². The first kappa shape index (κ1) is 15.6. The van der Waals surface area contributed by atoms with E-state index in [-0.39, 0.29) is 30.6 Å². The molecule has 2 amide bonds. The quantitative estimate of drug-likeness (QED) is 0.835. The van der Waals surface area contributed by atoms with Crippen LogP contribution in [-0.2, 0) is 16.0 Å². The van der Waals surface area contributed by atoms with Crippen LogP contribution in [-0.4, -0.2) is 24.9 Å². The summed E-state index contributed by atoms with van der Waals surface area (Å²) in [6, 6.07) is 4.73. The van der Waals surface area contributed by atoms with Crippen molar-refractivity contribution in [1.82, 2.24) is 10.6 Å². The van der Waals surface area contributed by atoms with Gasteiger partial charge < -0.3 is 10.6 Å². The smallest absolute Gasteiger partial charge is 0.239 e. The Morgan fingerprint density at radius 2 is 2.00 bits per heavy atom. The number of aryl methyl sites for hydroxylation is 1. The van der Waals surface area contributed by atoms with Crippen LogP contribution in [0.25, 0.3) is 0 Å². The minimum absolute atomic E-state index is 0.0461. The van der Waals surface area contributed by atoms with E-state index in [2.05, 4.69) is 26.6 Å². The maximum absolute atomic E-state index is 13.5. The van der Waals surface area contributed by atoms with Crippen LogP contribution in [0.1, 0.15) is 18.9 Å². The van der Waals surface area contributed by atoms with E-state index >= 15 is 0 Å². The molecule has 1 rings (SSSR count). The van der Waals surface area contributed by atoms with E-state index in [1.54, 1.807) is 19.1 Å². The predicted octanol–water partition coefficient (Wildman–Crippen LogP) is 1.77. The summed E-state index contributed by atoms with van der Waals surface area (Å²) >= 11 is 3.17. The molecule has 0 heterocycles. The second kappa shape index (κ2) is 7.89. The number of carbonyl (C=O) groups excluding carboxylic acids is 2. The van der Waals surface area contributed by atoms with E-state index in [0.29, 0.717) is 23.0 Å². The van der Waals surface area contributed by atoms with E-state index in [9.17, 15) is 14.0 Å². The zero-order chi connectivity index (χ0) is 14.3. The van der Waals surface area contributed by atoms with Crippen LogP contribution in [0.15, 0.2) is 22.7 Å². The first-order chi connectivity index (χ1) is 9.02. The number of benzene rings is 1. The van der Waals surface area contributed by atoms with Gasteiger partial charge in [-0.3, -0.25) is 9.59 Å². The van der Waals surface area contributed by atoms with Crippen molar-refractivity contribution < 1.29 is 14.0 Å². The van der Waals surface area contributed by atoms with Crippen molar-refractivity contribution in [3.05, 3.63) is 34.1 Å². The molecule has 0 unspecified atom stereocenters. The second-order valence-electron chi connectivity index (χ2n) is 3.97. The molecule has 0 saturated heterocycles. The largest absolute Gasteiger partial charge is 0.355 e. The van der Waals surface area contributed by atoms with E-state index in [4.69, 9.17) is 0 Å². The van der Waals surface area contributed by atoms with E-state index in [1.165, 1.54) is 6.07 Å². The first-order valence-electron chi connectivity index (χ1n) is 6.00. The molecule has 0 aliphatic heterocycles. The lowest BCUT2D eigenvalue weighted by molar-refractivity contribution is -0.126. The Morgan fingerprint density at radius 3 is 2.63 bits per heavy atom. The summed E-state index contributed by atoms with van der Waals surface area (Å²) in [6.45, 7) is 2.28. The monoisotopic (exact) mass is 330 g/mol. The fourth-order valence-electron chi connectivity index (χ4n) is 1.50. The zero-order valence-corrected chi connectivity index (χ0v) is 12.2. The molecule has 1 aromatic carbocycles. The van der Waals surface area contributed by atoms with Crippen molar-refractivity contribution in [1.29, 1.82) is 0 Å². The van der Waals surface area contributed by atoms with E-state index in [0.717, 1.165) is 0 Å². The molecule has 0 bridgehead atoms. The predicted molar refractivity (Wildman–Crippen MR) is 74.1 cm³/mol. The molecule has 0 aromatic heterocycles.